The molecular formula is C10H12N2O2. The van der Waals surface area contributed by atoms with Crippen molar-refractivity contribution in [3.8, 4) is 5.75 Å². The number of amides is 2. The Morgan fingerprint density at radius 2 is 2.29 bits per heavy atom. The van der Waals surface area contributed by atoms with Crippen molar-refractivity contribution in [1.82, 2.24) is 4.90 Å². The molecule has 14 heavy (non-hydrogen) atoms. The molecule has 0 saturated carbocycles. The van der Waals surface area contributed by atoms with Crippen LogP contribution >= 0.6 is 0 Å². The van der Waals surface area contributed by atoms with E-state index < -0.39 is 0 Å². The maximum atomic E-state index is 11.0. The molecule has 1 aliphatic rings. The van der Waals surface area contributed by atoms with Crippen LogP contribution in [0.1, 0.15) is 11.1 Å². The van der Waals surface area contributed by atoms with Crippen LogP contribution in [0.5, 0.6) is 5.75 Å². The Labute approximate surface area is 82.3 Å². The molecule has 1 aromatic carbocycles. The highest BCUT2D eigenvalue weighted by Crippen LogP contribution is 2.30. The summed E-state index contributed by atoms with van der Waals surface area (Å²) in [5.41, 5.74) is 7.39. The summed E-state index contributed by atoms with van der Waals surface area (Å²) >= 11 is 0. The molecule has 2 N–H and O–H groups in total. The largest absolute Gasteiger partial charge is 0.496 e. The number of hydrogen-bond donors (Lipinski definition) is 1. The number of fused-ring (bicyclic) bond motifs is 1. The molecule has 74 valence electrons. The van der Waals surface area contributed by atoms with E-state index in [0.717, 1.165) is 16.9 Å². The number of carbonyl (C=O) groups is 1. The van der Waals surface area contributed by atoms with Crippen molar-refractivity contribution in [2.45, 2.75) is 13.1 Å². The molecular weight excluding hydrogens is 180 g/mol. The fourth-order valence-corrected chi connectivity index (χ4v) is 1.74. The van der Waals surface area contributed by atoms with Gasteiger partial charge in [-0.1, -0.05) is 12.1 Å². The van der Waals surface area contributed by atoms with Crippen molar-refractivity contribution >= 4 is 6.03 Å². The summed E-state index contributed by atoms with van der Waals surface area (Å²) in [6.45, 7) is 1.14. The van der Waals surface area contributed by atoms with Gasteiger partial charge in [0, 0.05) is 12.1 Å². The molecule has 2 amide bonds. The number of methoxy groups -OCH3 is 1. The van der Waals surface area contributed by atoms with Crippen molar-refractivity contribution in [1.29, 1.82) is 0 Å². The minimum Gasteiger partial charge on any atom is -0.496 e. The summed E-state index contributed by atoms with van der Waals surface area (Å²) in [4.78, 5) is 12.6. The third kappa shape index (κ3) is 1.28. The van der Waals surface area contributed by atoms with Gasteiger partial charge in [-0.25, -0.2) is 4.79 Å². The number of primary amides is 1. The van der Waals surface area contributed by atoms with Gasteiger partial charge in [0.2, 0.25) is 0 Å². The Balaban J connectivity index is 2.34. The molecule has 2 rings (SSSR count). The van der Waals surface area contributed by atoms with Crippen LogP contribution in [0, 0.1) is 0 Å². The maximum Gasteiger partial charge on any atom is 0.315 e. The van der Waals surface area contributed by atoms with Crippen LogP contribution in [0.25, 0.3) is 0 Å². The average molecular weight is 192 g/mol. The molecule has 4 nitrogen and oxygen atoms in total. The molecule has 0 aromatic heterocycles. The van der Waals surface area contributed by atoms with Gasteiger partial charge in [-0.15, -0.1) is 0 Å². The van der Waals surface area contributed by atoms with Crippen LogP contribution in [0.3, 0.4) is 0 Å². The summed E-state index contributed by atoms with van der Waals surface area (Å²) in [5, 5.41) is 0. The minimum atomic E-state index is -0.386. The van der Waals surface area contributed by atoms with Gasteiger partial charge in [-0.05, 0) is 11.6 Å². The van der Waals surface area contributed by atoms with Crippen molar-refractivity contribution in [3.05, 3.63) is 29.3 Å². The zero-order valence-corrected chi connectivity index (χ0v) is 7.99. The number of ether oxygens (including phenoxy) is 1. The summed E-state index contributed by atoms with van der Waals surface area (Å²) < 4.78 is 5.21. The molecule has 0 fully saturated rings. The van der Waals surface area contributed by atoms with Gasteiger partial charge in [0.1, 0.15) is 5.75 Å². The molecule has 0 atom stereocenters. The first-order valence-electron chi connectivity index (χ1n) is 4.41. The van der Waals surface area contributed by atoms with Gasteiger partial charge >= 0.3 is 6.03 Å². The molecule has 1 aliphatic heterocycles. The molecule has 0 unspecified atom stereocenters. The van der Waals surface area contributed by atoms with E-state index in [0.29, 0.717) is 13.1 Å². The van der Waals surface area contributed by atoms with E-state index in [9.17, 15) is 4.79 Å². The maximum absolute atomic E-state index is 11.0. The lowest BCUT2D eigenvalue weighted by Crippen LogP contribution is -2.30. The fraction of sp³-hybridized carbons (Fsp3) is 0.300. The molecule has 0 saturated heterocycles. The Kier molecular flexibility index (Phi) is 2.04. The number of nitrogens with zero attached hydrogens (tertiary/aromatic N) is 1. The molecule has 1 aromatic rings. The minimum absolute atomic E-state index is 0.386. The second kappa shape index (κ2) is 3.21. The summed E-state index contributed by atoms with van der Waals surface area (Å²) in [5.74, 6) is 0.825. The zero-order valence-electron chi connectivity index (χ0n) is 7.99. The fourth-order valence-electron chi connectivity index (χ4n) is 1.74. The third-order valence-electron chi connectivity index (χ3n) is 2.47. The smallest absolute Gasteiger partial charge is 0.315 e. The quantitative estimate of drug-likeness (QED) is 0.724. The first-order chi connectivity index (χ1) is 6.72. The van der Waals surface area contributed by atoms with Crippen LogP contribution in [0.4, 0.5) is 4.79 Å². The number of carbonyl (C=O) groups excluding carboxylic acids is 1. The average Bonchev–Trinajstić information content (AvgIpc) is 2.60. The molecule has 0 aliphatic carbocycles. The highest BCUT2D eigenvalue weighted by molar-refractivity contribution is 5.73. The summed E-state index contributed by atoms with van der Waals surface area (Å²) in [6, 6.07) is 5.41. The molecule has 4 heteroatoms. The van der Waals surface area contributed by atoms with E-state index in [1.54, 1.807) is 12.0 Å². The van der Waals surface area contributed by atoms with E-state index in [-0.39, 0.29) is 6.03 Å². The highest BCUT2D eigenvalue weighted by atomic mass is 16.5. The van der Waals surface area contributed by atoms with Gasteiger partial charge in [-0.3, -0.25) is 0 Å². The van der Waals surface area contributed by atoms with Crippen molar-refractivity contribution in [2.24, 2.45) is 5.73 Å². The normalized spacial score (nSPS) is 13.9. The summed E-state index contributed by atoms with van der Waals surface area (Å²) in [7, 11) is 1.63. The van der Waals surface area contributed by atoms with Gasteiger partial charge in [0.15, 0.2) is 0 Å². The van der Waals surface area contributed by atoms with Crippen LogP contribution in [-0.4, -0.2) is 18.0 Å². The SMILES string of the molecule is COc1cccc2c1CN(C(N)=O)C2. The highest BCUT2D eigenvalue weighted by Gasteiger charge is 2.23. The molecule has 0 bridgehead atoms. The van der Waals surface area contributed by atoms with Gasteiger partial charge < -0.3 is 15.4 Å². The van der Waals surface area contributed by atoms with E-state index in [1.807, 2.05) is 18.2 Å². The van der Waals surface area contributed by atoms with Crippen molar-refractivity contribution in [3.63, 3.8) is 0 Å². The first kappa shape index (κ1) is 8.87. The van der Waals surface area contributed by atoms with Crippen LogP contribution in [-0.2, 0) is 13.1 Å². The Hall–Kier alpha value is -1.71. The number of benzene rings is 1. The molecule has 0 radical (unpaired) electrons. The van der Waals surface area contributed by atoms with Crippen LogP contribution in [0.15, 0.2) is 18.2 Å². The zero-order chi connectivity index (χ0) is 10.1. The van der Waals surface area contributed by atoms with E-state index in [1.165, 1.54) is 0 Å². The lowest BCUT2D eigenvalue weighted by atomic mass is 10.1. The van der Waals surface area contributed by atoms with E-state index in [2.05, 4.69) is 0 Å². The molecule has 1 heterocycles. The van der Waals surface area contributed by atoms with Crippen molar-refractivity contribution in [2.75, 3.05) is 7.11 Å². The number of nitrogens with two attached hydrogens (primary N) is 1. The van der Waals surface area contributed by atoms with Gasteiger partial charge in [-0.2, -0.15) is 0 Å². The predicted octanol–water partition coefficient (Wildman–Crippen LogP) is 1.09. The Morgan fingerprint density at radius 1 is 1.50 bits per heavy atom. The first-order valence-corrected chi connectivity index (χ1v) is 4.41. The number of hydrogen-bond acceptors (Lipinski definition) is 2. The standard InChI is InChI=1S/C10H12N2O2/c1-14-9-4-2-3-7-5-12(10(11)13)6-8(7)9/h2-4H,5-6H2,1H3,(H2,11,13). The van der Waals surface area contributed by atoms with Crippen LogP contribution < -0.4 is 10.5 Å². The molecule has 0 spiro atoms. The Bertz CT molecular complexity index is 376. The van der Waals surface area contributed by atoms with Crippen LogP contribution in [0.2, 0.25) is 0 Å². The van der Waals surface area contributed by atoms with Gasteiger partial charge in [0.25, 0.3) is 0 Å². The van der Waals surface area contributed by atoms with Gasteiger partial charge in [0.05, 0.1) is 13.7 Å². The third-order valence-corrected chi connectivity index (χ3v) is 2.47. The predicted molar refractivity (Wildman–Crippen MR) is 51.8 cm³/mol. The monoisotopic (exact) mass is 192 g/mol. The lowest BCUT2D eigenvalue weighted by molar-refractivity contribution is 0.208. The van der Waals surface area contributed by atoms with Crippen molar-refractivity contribution < 1.29 is 9.53 Å². The topological polar surface area (TPSA) is 55.6 Å². The summed E-state index contributed by atoms with van der Waals surface area (Å²) in [6.07, 6.45) is 0. The number of urea groups is 1. The second-order valence-electron chi connectivity index (χ2n) is 3.29. The van der Waals surface area contributed by atoms with E-state index in [4.69, 9.17) is 10.5 Å². The van der Waals surface area contributed by atoms with E-state index >= 15 is 0 Å². The number of rotatable bonds is 1. The lowest BCUT2D eigenvalue weighted by Gasteiger charge is -2.10. The Morgan fingerprint density at radius 3 is 2.93 bits per heavy atom. The second-order valence-corrected chi connectivity index (χ2v) is 3.29.